The number of pyridine rings is 3. The van der Waals surface area contributed by atoms with E-state index >= 15 is 4.39 Å². The van der Waals surface area contributed by atoms with Gasteiger partial charge >= 0.3 is 5.97 Å². The normalized spacial score (nSPS) is 15.3. The Kier molecular flexibility index (Phi) is 21.8. The number of nitrogens with one attached hydrogen (secondary N) is 2. The van der Waals surface area contributed by atoms with Crippen LogP contribution in [0, 0.1) is 35.3 Å². The van der Waals surface area contributed by atoms with Gasteiger partial charge in [-0.05, 0) is 75.4 Å². The van der Waals surface area contributed by atoms with Crippen LogP contribution >= 0.6 is 11.6 Å². The molecule has 27 heteroatoms. The number of carbonyl (C=O) groups excluding carboxylic acids is 3. The number of amides is 3. The van der Waals surface area contributed by atoms with Gasteiger partial charge in [0, 0.05) is 99.5 Å². The van der Waals surface area contributed by atoms with E-state index in [1.807, 2.05) is 44.7 Å². The molecule has 9 rings (SSSR count). The first-order chi connectivity index (χ1) is 43.2. The molecule has 2 aliphatic rings. The first-order valence-corrected chi connectivity index (χ1v) is 29.9. The summed E-state index contributed by atoms with van der Waals surface area (Å²) in [5.41, 5.74) is 2.66. The van der Waals surface area contributed by atoms with Crippen molar-refractivity contribution in [2.45, 2.75) is 105 Å². The van der Waals surface area contributed by atoms with Crippen molar-refractivity contribution in [1.29, 1.82) is 5.26 Å². The van der Waals surface area contributed by atoms with Crippen molar-refractivity contribution in [3.05, 3.63) is 130 Å². The van der Waals surface area contributed by atoms with Crippen LogP contribution in [0.4, 0.5) is 20.4 Å². The molecule has 24 nitrogen and oxygen atoms in total. The molecule has 3 atom stereocenters. The highest BCUT2D eigenvalue weighted by atomic mass is 35.5. The number of carboxylic acids is 1. The monoisotopic (exact) mass is 1260 g/mol. The summed E-state index contributed by atoms with van der Waals surface area (Å²) >= 11 is 6.73. The smallest absolute Gasteiger partial charge is 0.326 e. The van der Waals surface area contributed by atoms with E-state index in [4.69, 9.17) is 35.3 Å². The fourth-order valence-corrected chi connectivity index (χ4v) is 10.4. The molecule has 0 radical (unpaired) electrons. The second-order valence-electron chi connectivity index (χ2n) is 23.2. The van der Waals surface area contributed by atoms with E-state index in [0.29, 0.717) is 98.5 Å². The Hall–Kier alpha value is -9.03. The fraction of sp³-hybridized carbons (Fsp3) is 0.429. The van der Waals surface area contributed by atoms with Crippen LogP contribution in [-0.2, 0) is 41.7 Å². The summed E-state index contributed by atoms with van der Waals surface area (Å²) in [5.74, 6) is -1.37. The number of carbonyl (C=O) groups is 4. The maximum atomic E-state index is 15.7. The molecule has 0 aliphatic carbocycles. The number of aryl methyl sites for hydroxylation is 1. The van der Waals surface area contributed by atoms with Crippen LogP contribution in [0.2, 0.25) is 5.02 Å². The second-order valence-corrected chi connectivity index (χ2v) is 23.6. The van der Waals surface area contributed by atoms with E-state index < -0.39 is 35.6 Å². The number of ether oxygens (including phenoxy) is 5. The lowest BCUT2D eigenvalue weighted by Crippen LogP contribution is -2.55. The predicted octanol–water partition coefficient (Wildman–Crippen LogP) is 8.52. The Bertz CT molecular complexity index is 3710. The second kappa shape index (κ2) is 30.0. The SMILES string of the molecule is Cc1nc2cc(F)c(-c3cnc(N4CCN(C(=O)Cn5cc(COCCOCCOCC(=O)N6CCC(Oc7cccc(Oc8ccc(C(=O)N[C@@H](CCC(C)(C)C)C(=O)O)cn8)c7)CC6)nn5)[C@H](C)C4)nc3)nc2c(N[C@H](C)c2cc(C#N)ccc2F)c1Cl. The number of hydrogen-bond donors (Lipinski definition) is 3. The average Bonchev–Trinajstić information content (AvgIpc) is 0.923. The standard InChI is InChI=1S/C63H71ClF2N14O10/c1-38-33-78(62-69-31-43(32-70-62)57-50(66)28-52-58(74-57)59(56(64)40(3)71-52)72-39(2)48-26-41(29-67)10-12-49(48)65)20-21-80(38)54(81)35-79-34-44(75-76-79)36-87-24-22-86-23-25-88-37-55(82)77-18-15-45(16-19-77)89-46-8-7-9-47(27-46)90-53-13-11-42(30-68-53)60(83)73-51(61(84)85)14-17-63(4,5)6/h7-13,26-28,30-32,34,38-39,45,51H,14-25,33,35-37H2,1-6H3,(H,71,72)(H,73,83)(H,84,85)/t38-,39-,51+/m1/s1. The van der Waals surface area contributed by atoms with Crippen LogP contribution in [0.3, 0.4) is 0 Å². The molecule has 0 saturated carbocycles. The molecule has 0 unspecified atom stereocenters. The van der Waals surface area contributed by atoms with Gasteiger partial charge in [0.15, 0.2) is 5.82 Å². The van der Waals surface area contributed by atoms with Crippen molar-refractivity contribution >= 4 is 58.0 Å². The van der Waals surface area contributed by atoms with Crippen LogP contribution in [0.15, 0.2) is 85.5 Å². The number of aromatic nitrogens is 8. The number of likely N-dealkylation sites (tertiary alicyclic amines) is 1. The number of hydrogen-bond acceptors (Lipinski definition) is 19. The van der Waals surface area contributed by atoms with Gasteiger partial charge in [0.2, 0.25) is 23.6 Å². The van der Waals surface area contributed by atoms with Crippen molar-refractivity contribution in [3.63, 3.8) is 0 Å². The summed E-state index contributed by atoms with van der Waals surface area (Å²) in [4.78, 5) is 78.8. The van der Waals surface area contributed by atoms with E-state index in [-0.39, 0.29) is 120 Å². The minimum absolute atomic E-state index is 0.0259. The molecule has 2 aliphatic heterocycles. The molecule has 2 saturated heterocycles. The van der Waals surface area contributed by atoms with Crippen molar-refractivity contribution < 1.29 is 56.7 Å². The Morgan fingerprint density at radius 1 is 0.878 bits per heavy atom. The van der Waals surface area contributed by atoms with Crippen LogP contribution in [0.1, 0.15) is 99.2 Å². The molecule has 2 aromatic carbocycles. The zero-order chi connectivity index (χ0) is 64.1. The third kappa shape index (κ3) is 17.4. The number of halogens is 3. The number of carboxylic acid groups (broad SMARTS) is 1. The van der Waals surface area contributed by atoms with Gasteiger partial charge in [0.05, 0.1) is 84.4 Å². The van der Waals surface area contributed by atoms with Crippen molar-refractivity contribution in [1.82, 2.24) is 55.0 Å². The molecule has 3 N–H and O–H groups in total. The number of piperazine rings is 1. The molecule has 0 spiro atoms. The summed E-state index contributed by atoms with van der Waals surface area (Å²) in [6.07, 6.45) is 8.01. The molecular formula is C63H71ClF2N14O10. The summed E-state index contributed by atoms with van der Waals surface area (Å²) in [7, 11) is 0. The lowest BCUT2D eigenvalue weighted by Gasteiger charge is -2.39. The quantitative estimate of drug-likeness (QED) is 0.0428. The Morgan fingerprint density at radius 2 is 1.62 bits per heavy atom. The maximum absolute atomic E-state index is 15.7. The molecular weight excluding hydrogens is 1190 g/mol. The van der Waals surface area contributed by atoms with Crippen molar-refractivity contribution in [2.24, 2.45) is 5.41 Å². The largest absolute Gasteiger partial charge is 0.490 e. The highest BCUT2D eigenvalue weighted by molar-refractivity contribution is 6.35. The molecule has 474 valence electrons. The average molecular weight is 1260 g/mol. The minimum Gasteiger partial charge on any atom is -0.490 e. The van der Waals surface area contributed by atoms with Gasteiger partial charge in [-0.15, -0.1) is 5.10 Å². The van der Waals surface area contributed by atoms with E-state index in [9.17, 15) is 33.9 Å². The molecule has 7 aromatic rings. The topological polar surface area (TPSA) is 287 Å². The molecule has 2 fully saturated rings. The Labute approximate surface area is 523 Å². The number of fused-ring (bicyclic) bond motifs is 1. The third-order valence-corrected chi connectivity index (χ3v) is 15.6. The number of benzene rings is 2. The zero-order valence-corrected chi connectivity index (χ0v) is 51.6. The highest BCUT2D eigenvalue weighted by Crippen LogP contribution is 2.37. The van der Waals surface area contributed by atoms with E-state index in [1.54, 1.807) is 48.0 Å². The van der Waals surface area contributed by atoms with Crippen molar-refractivity contribution in [3.8, 4) is 34.7 Å². The van der Waals surface area contributed by atoms with Gasteiger partial charge < -0.3 is 54.1 Å². The third-order valence-electron chi connectivity index (χ3n) is 15.1. The van der Waals surface area contributed by atoms with Crippen molar-refractivity contribution in [2.75, 3.05) is 76.0 Å². The number of piperidine rings is 1. The Morgan fingerprint density at radius 3 is 2.33 bits per heavy atom. The van der Waals surface area contributed by atoms with Gasteiger partial charge in [-0.2, -0.15) is 5.26 Å². The van der Waals surface area contributed by atoms with Crippen LogP contribution < -0.4 is 25.0 Å². The lowest BCUT2D eigenvalue weighted by molar-refractivity contribution is -0.140. The number of rotatable bonds is 26. The fourth-order valence-electron chi connectivity index (χ4n) is 10.2. The summed E-state index contributed by atoms with van der Waals surface area (Å²) in [6, 6.07) is 15.6. The summed E-state index contributed by atoms with van der Waals surface area (Å²) in [5, 5.41) is 33.3. The minimum atomic E-state index is -1.09. The zero-order valence-electron chi connectivity index (χ0n) is 50.8. The van der Waals surface area contributed by atoms with Crippen LogP contribution in [0.5, 0.6) is 17.4 Å². The van der Waals surface area contributed by atoms with Crippen LogP contribution in [-0.4, -0.2) is 162 Å². The summed E-state index contributed by atoms with van der Waals surface area (Å²) in [6.45, 7) is 14.7. The van der Waals surface area contributed by atoms with E-state index in [2.05, 4.69) is 45.9 Å². The van der Waals surface area contributed by atoms with Crippen LogP contribution in [0.25, 0.3) is 22.3 Å². The molecule has 3 amide bonds. The summed E-state index contributed by atoms with van der Waals surface area (Å²) < 4.78 is 61.2. The first-order valence-electron chi connectivity index (χ1n) is 29.5. The number of aliphatic carboxylic acids is 1. The molecule has 90 heavy (non-hydrogen) atoms. The predicted molar refractivity (Wildman–Crippen MR) is 327 cm³/mol. The van der Waals surface area contributed by atoms with Gasteiger partial charge in [-0.3, -0.25) is 14.4 Å². The van der Waals surface area contributed by atoms with E-state index in [1.165, 1.54) is 59.7 Å². The Balaban J connectivity index is 0.631. The van der Waals surface area contributed by atoms with Gasteiger partial charge in [0.1, 0.15) is 59.5 Å². The number of nitrogens with zero attached hydrogens (tertiary/aromatic N) is 12. The van der Waals surface area contributed by atoms with Gasteiger partial charge in [-0.1, -0.05) is 43.7 Å². The van der Waals surface area contributed by atoms with Gasteiger partial charge in [-0.25, -0.2) is 43.2 Å². The maximum Gasteiger partial charge on any atom is 0.326 e. The van der Waals surface area contributed by atoms with Gasteiger partial charge in [0.25, 0.3) is 5.91 Å². The number of nitriles is 1. The molecule has 5 aromatic heterocycles. The molecule has 7 heterocycles. The number of anilines is 2. The van der Waals surface area contributed by atoms with E-state index in [0.717, 1.165) is 0 Å². The first kappa shape index (κ1) is 65.4. The lowest BCUT2D eigenvalue weighted by atomic mass is 9.88. The highest BCUT2D eigenvalue weighted by Gasteiger charge is 2.31. The molecule has 0 bridgehead atoms.